The minimum absolute atomic E-state index is 0.490. The summed E-state index contributed by atoms with van der Waals surface area (Å²) in [6.07, 6.45) is 3.85. The zero-order chi connectivity index (χ0) is 10.7. The number of thiazole rings is 1. The molecule has 4 heteroatoms. The minimum atomic E-state index is 0.490. The van der Waals surface area contributed by atoms with Gasteiger partial charge in [0.25, 0.3) is 0 Å². The molecule has 15 heavy (non-hydrogen) atoms. The number of rotatable bonds is 5. The highest BCUT2D eigenvalue weighted by molar-refractivity contribution is 7.09. The Morgan fingerprint density at radius 3 is 3.00 bits per heavy atom. The van der Waals surface area contributed by atoms with Crippen molar-refractivity contribution in [3.63, 3.8) is 0 Å². The molecule has 0 amide bonds. The number of methoxy groups -OCH3 is 1. The maximum atomic E-state index is 5.23. The van der Waals surface area contributed by atoms with Gasteiger partial charge in [-0.05, 0) is 19.8 Å². The van der Waals surface area contributed by atoms with E-state index in [1.807, 2.05) is 0 Å². The van der Waals surface area contributed by atoms with E-state index in [1.165, 1.54) is 5.69 Å². The van der Waals surface area contributed by atoms with Crippen LogP contribution in [0.3, 0.4) is 0 Å². The van der Waals surface area contributed by atoms with Gasteiger partial charge in [0.15, 0.2) is 0 Å². The Balaban J connectivity index is 1.60. The van der Waals surface area contributed by atoms with Gasteiger partial charge in [0.05, 0.1) is 16.8 Å². The zero-order valence-electron chi connectivity index (χ0n) is 9.32. The number of hydrogen-bond acceptors (Lipinski definition) is 4. The van der Waals surface area contributed by atoms with Gasteiger partial charge in [-0.2, -0.15) is 0 Å². The maximum Gasteiger partial charge on any atom is 0.0897 e. The molecule has 0 unspecified atom stereocenters. The van der Waals surface area contributed by atoms with E-state index in [0.29, 0.717) is 12.1 Å². The van der Waals surface area contributed by atoms with Gasteiger partial charge in [0.1, 0.15) is 0 Å². The third-order valence-electron chi connectivity index (χ3n) is 2.91. The second kappa shape index (κ2) is 5.05. The van der Waals surface area contributed by atoms with Crippen LogP contribution in [0.2, 0.25) is 0 Å². The summed E-state index contributed by atoms with van der Waals surface area (Å²) in [5, 5.41) is 6.83. The van der Waals surface area contributed by atoms with Crippen molar-refractivity contribution < 1.29 is 4.74 Å². The monoisotopic (exact) mass is 226 g/mol. The van der Waals surface area contributed by atoms with Crippen molar-refractivity contribution in [1.29, 1.82) is 0 Å². The average molecular weight is 226 g/mol. The Morgan fingerprint density at radius 2 is 2.40 bits per heavy atom. The summed E-state index contributed by atoms with van der Waals surface area (Å²) in [5.74, 6) is 0. The average Bonchev–Trinajstić information content (AvgIpc) is 2.55. The van der Waals surface area contributed by atoms with Crippen molar-refractivity contribution in [1.82, 2.24) is 10.3 Å². The van der Waals surface area contributed by atoms with Gasteiger partial charge in [-0.3, -0.25) is 0 Å². The fourth-order valence-electron chi connectivity index (χ4n) is 1.85. The van der Waals surface area contributed by atoms with Crippen molar-refractivity contribution in [3.8, 4) is 0 Å². The Morgan fingerprint density at radius 1 is 1.60 bits per heavy atom. The number of nitrogens with zero attached hydrogens (tertiary/aromatic N) is 1. The standard InChI is InChI=1S/C11H18N2OS/c1-8-13-9(7-15-8)3-4-12-10-5-11(6-10)14-2/h7,10-12H,3-6H2,1-2H3. The van der Waals surface area contributed by atoms with Gasteiger partial charge in [0.2, 0.25) is 0 Å². The fourth-order valence-corrected chi connectivity index (χ4v) is 2.50. The topological polar surface area (TPSA) is 34.1 Å². The quantitative estimate of drug-likeness (QED) is 0.830. The molecule has 0 atom stereocenters. The lowest BCUT2D eigenvalue weighted by Crippen LogP contribution is -2.45. The molecule has 3 nitrogen and oxygen atoms in total. The molecular weight excluding hydrogens is 208 g/mol. The number of hydrogen-bond donors (Lipinski definition) is 1. The molecular formula is C11H18N2OS. The van der Waals surface area contributed by atoms with Crippen LogP contribution in [-0.2, 0) is 11.2 Å². The van der Waals surface area contributed by atoms with E-state index in [2.05, 4.69) is 22.6 Å². The largest absolute Gasteiger partial charge is 0.381 e. The first kappa shape index (κ1) is 11.0. The van der Waals surface area contributed by atoms with E-state index in [0.717, 1.165) is 30.8 Å². The summed E-state index contributed by atoms with van der Waals surface area (Å²) in [6.45, 7) is 3.08. The van der Waals surface area contributed by atoms with Gasteiger partial charge in [-0.25, -0.2) is 4.98 Å². The molecule has 0 aliphatic heterocycles. The Bertz CT molecular complexity index is 307. The summed E-state index contributed by atoms with van der Waals surface area (Å²) < 4.78 is 5.23. The van der Waals surface area contributed by atoms with Gasteiger partial charge < -0.3 is 10.1 Å². The van der Waals surface area contributed by atoms with Crippen LogP contribution in [-0.4, -0.2) is 30.8 Å². The first-order valence-electron chi connectivity index (χ1n) is 5.45. The van der Waals surface area contributed by atoms with Crippen LogP contribution in [0, 0.1) is 6.92 Å². The lowest BCUT2D eigenvalue weighted by Gasteiger charge is -2.34. The number of aryl methyl sites for hydroxylation is 1. The van der Waals surface area contributed by atoms with E-state index in [-0.39, 0.29) is 0 Å². The van der Waals surface area contributed by atoms with Gasteiger partial charge in [-0.1, -0.05) is 0 Å². The fraction of sp³-hybridized carbons (Fsp3) is 0.727. The summed E-state index contributed by atoms with van der Waals surface area (Å²) in [4.78, 5) is 4.44. The molecule has 1 saturated carbocycles. The van der Waals surface area contributed by atoms with E-state index in [1.54, 1.807) is 18.4 Å². The van der Waals surface area contributed by atoms with Crippen molar-refractivity contribution in [2.45, 2.75) is 38.3 Å². The molecule has 0 radical (unpaired) electrons. The van der Waals surface area contributed by atoms with Gasteiger partial charge in [0, 0.05) is 31.5 Å². The Kier molecular flexibility index (Phi) is 3.72. The molecule has 0 spiro atoms. The molecule has 84 valence electrons. The van der Waals surface area contributed by atoms with Crippen molar-refractivity contribution in [2.75, 3.05) is 13.7 Å². The highest BCUT2D eigenvalue weighted by Crippen LogP contribution is 2.22. The molecule has 2 rings (SSSR count). The van der Waals surface area contributed by atoms with Crippen LogP contribution in [0.1, 0.15) is 23.5 Å². The van der Waals surface area contributed by atoms with Gasteiger partial charge in [-0.15, -0.1) is 11.3 Å². The smallest absolute Gasteiger partial charge is 0.0897 e. The summed E-state index contributed by atoms with van der Waals surface area (Å²) in [7, 11) is 1.79. The third-order valence-corrected chi connectivity index (χ3v) is 3.73. The lowest BCUT2D eigenvalue weighted by atomic mass is 9.89. The SMILES string of the molecule is COC1CC(NCCc2csc(C)n2)C1. The molecule has 0 saturated heterocycles. The molecule has 1 aliphatic rings. The predicted octanol–water partition coefficient (Wildman–Crippen LogP) is 1.76. The zero-order valence-corrected chi connectivity index (χ0v) is 10.1. The second-order valence-electron chi connectivity index (χ2n) is 4.09. The number of ether oxygens (including phenoxy) is 1. The highest BCUT2D eigenvalue weighted by Gasteiger charge is 2.27. The normalized spacial score (nSPS) is 25.2. The van der Waals surface area contributed by atoms with Crippen molar-refractivity contribution in [3.05, 3.63) is 16.1 Å². The highest BCUT2D eigenvalue weighted by atomic mass is 32.1. The minimum Gasteiger partial charge on any atom is -0.381 e. The summed E-state index contributed by atoms with van der Waals surface area (Å²) >= 11 is 1.73. The Hall–Kier alpha value is -0.450. The van der Waals surface area contributed by atoms with E-state index < -0.39 is 0 Å². The molecule has 0 aromatic carbocycles. The van der Waals surface area contributed by atoms with Crippen molar-refractivity contribution in [2.24, 2.45) is 0 Å². The number of nitrogens with one attached hydrogen (secondary N) is 1. The second-order valence-corrected chi connectivity index (χ2v) is 5.15. The first-order chi connectivity index (χ1) is 7.28. The molecule has 0 bridgehead atoms. The van der Waals surface area contributed by atoms with Crippen LogP contribution in [0.4, 0.5) is 0 Å². The molecule has 1 aromatic rings. The van der Waals surface area contributed by atoms with Crippen LogP contribution >= 0.6 is 11.3 Å². The summed E-state index contributed by atoms with van der Waals surface area (Å²) in [6, 6.07) is 0.662. The molecule has 1 fully saturated rings. The lowest BCUT2D eigenvalue weighted by molar-refractivity contribution is 0.0177. The van der Waals surface area contributed by atoms with Crippen LogP contribution in [0.5, 0.6) is 0 Å². The molecule has 1 aromatic heterocycles. The maximum absolute atomic E-state index is 5.23. The van der Waals surface area contributed by atoms with Crippen LogP contribution in [0.15, 0.2) is 5.38 Å². The van der Waals surface area contributed by atoms with E-state index in [9.17, 15) is 0 Å². The molecule has 1 heterocycles. The van der Waals surface area contributed by atoms with Gasteiger partial charge >= 0.3 is 0 Å². The third kappa shape index (κ3) is 3.00. The molecule has 1 N–H and O–H groups in total. The van der Waals surface area contributed by atoms with Crippen molar-refractivity contribution >= 4 is 11.3 Å². The van der Waals surface area contributed by atoms with E-state index in [4.69, 9.17) is 4.74 Å². The Labute approximate surface area is 94.9 Å². The van der Waals surface area contributed by atoms with Crippen LogP contribution < -0.4 is 5.32 Å². The number of aromatic nitrogens is 1. The predicted molar refractivity (Wildman–Crippen MR) is 62.4 cm³/mol. The molecule has 1 aliphatic carbocycles. The first-order valence-corrected chi connectivity index (χ1v) is 6.33. The summed E-state index contributed by atoms with van der Waals surface area (Å²) in [5.41, 5.74) is 1.22. The van der Waals surface area contributed by atoms with Crippen LogP contribution in [0.25, 0.3) is 0 Å². The van der Waals surface area contributed by atoms with E-state index >= 15 is 0 Å².